The predicted octanol–water partition coefficient (Wildman–Crippen LogP) is 3.70. The molecule has 8 nitrogen and oxygen atoms in total. The molecule has 0 saturated heterocycles. The largest absolute Gasteiger partial charge is 0.494 e. The first-order valence-corrected chi connectivity index (χ1v) is 10.4. The Kier molecular flexibility index (Phi) is 8.85. The van der Waals surface area contributed by atoms with Crippen molar-refractivity contribution in [1.82, 2.24) is 4.90 Å². The summed E-state index contributed by atoms with van der Waals surface area (Å²) in [5.74, 6) is 0.421. The van der Waals surface area contributed by atoms with Gasteiger partial charge in [-0.2, -0.15) is 0 Å². The number of nitrogens with zero attached hydrogens (tertiary/aromatic N) is 2. The lowest BCUT2D eigenvalue weighted by Gasteiger charge is -2.36. The average molecular weight is 408 g/mol. The molecule has 0 aliphatic heterocycles. The second kappa shape index (κ2) is 11.1. The van der Waals surface area contributed by atoms with Crippen LogP contribution in [0.25, 0.3) is 0 Å². The molecule has 0 aromatic heterocycles. The number of hydrogen-bond donors (Lipinski definition) is 2. The topological polar surface area (TPSA) is 113 Å². The Morgan fingerprint density at radius 1 is 1.24 bits per heavy atom. The monoisotopic (exact) mass is 408 g/mol. The zero-order valence-corrected chi connectivity index (χ0v) is 17.2. The van der Waals surface area contributed by atoms with E-state index in [4.69, 9.17) is 4.74 Å². The number of unbranched alkanes of at least 4 members (excludes halogenated alkanes) is 1. The molecular formula is C21H32N2O6. The van der Waals surface area contributed by atoms with Crippen LogP contribution in [-0.2, 0) is 4.79 Å². The Balaban J connectivity index is 1.80. The van der Waals surface area contributed by atoms with Crippen LogP contribution in [0.3, 0.4) is 0 Å². The third kappa shape index (κ3) is 6.68. The van der Waals surface area contributed by atoms with Crippen LogP contribution in [0.1, 0.15) is 76.9 Å². The van der Waals surface area contributed by atoms with Crippen molar-refractivity contribution in [2.24, 2.45) is 0 Å². The Bertz CT molecular complexity index is 686. The van der Waals surface area contributed by atoms with Gasteiger partial charge in [0.05, 0.1) is 23.2 Å². The van der Waals surface area contributed by atoms with Crippen molar-refractivity contribution in [3.8, 4) is 5.75 Å². The number of hydrogen-bond acceptors (Lipinski definition) is 6. The second-order valence-electron chi connectivity index (χ2n) is 7.68. The minimum absolute atomic E-state index is 0.0290. The van der Waals surface area contributed by atoms with Crippen LogP contribution in [0, 0.1) is 10.1 Å². The summed E-state index contributed by atoms with van der Waals surface area (Å²) in [6.45, 7) is 3.48. The molecule has 162 valence electrons. The molecule has 1 aromatic carbocycles. The first-order valence-electron chi connectivity index (χ1n) is 10.4. The van der Waals surface area contributed by atoms with E-state index in [1.54, 1.807) is 11.8 Å². The molecule has 2 unspecified atom stereocenters. The summed E-state index contributed by atoms with van der Waals surface area (Å²) >= 11 is 0. The Hall–Kier alpha value is -2.19. The predicted molar refractivity (Wildman–Crippen MR) is 108 cm³/mol. The maximum Gasteiger partial charge on any atom is 0.275 e. The van der Waals surface area contributed by atoms with Crippen molar-refractivity contribution < 1.29 is 24.7 Å². The van der Waals surface area contributed by atoms with Gasteiger partial charge in [0.1, 0.15) is 12.0 Å². The van der Waals surface area contributed by atoms with Crippen LogP contribution < -0.4 is 4.74 Å². The van der Waals surface area contributed by atoms with E-state index in [2.05, 4.69) is 0 Å². The summed E-state index contributed by atoms with van der Waals surface area (Å²) in [6, 6.07) is 4.44. The number of carbonyl (C=O) groups excluding carboxylic acids is 1. The van der Waals surface area contributed by atoms with E-state index in [1.807, 2.05) is 0 Å². The van der Waals surface area contributed by atoms with Crippen molar-refractivity contribution in [1.29, 1.82) is 0 Å². The van der Waals surface area contributed by atoms with Crippen LogP contribution in [0.15, 0.2) is 18.2 Å². The van der Waals surface area contributed by atoms with Crippen LogP contribution in [-0.4, -0.2) is 44.8 Å². The van der Waals surface area contributed by atoms with Crippen molar-refractivity contribution in [3.05, 3.63) is 33.9 Å². The lowest BCUT2D eigenvalue weighted by atomic mass is 9.93. The number of rotatable bonds is 10. The van der Waals surface area contributed by atoms with E-state index in [0.29, 0.717) is 31.6 Å². The summed E-state index contributed by atoms with van der Waals surface area (Å²) < 4.78 is 5.63. The van der Waals surface area contributed by atoms with Crippen LogP contribution in [0.4, 0.5) is 5.69 Å². The zero-order valence-electron chi connectivity index (χ0n) is 17.2. The van der Waals surface area contributed by atoms with Crippen molar-refractivity contribution >= 4 is 11.6 Å². The van der Waals surface area contributed by atoms with Crippen LogP contribution in [0.2, 0.25) is 0 Å². The quantitative estimate of drug-likeness (QED) is 0.264. The van der Waals surface area contributed by atoms with Gasteiger partial charge in [0.15, 0.2) is 0 Å². The molecule has 1 fully saturated rings. The minimum atomic E-state index is -0.970. The fourth-order valence-corrected chi connectivity index (χ4v) is 3.90. The molecule has 29 heavy (non-hydrogen) atoms. The summed E-state index contributed by atoms with van der Waals surface area (Å²) in [5, 5.41) is 30.8. The van der Waals surface area contributed by atoms with Gasteiger partial charge in [0.2, 0.25) is 5.91 Å². The van der Waals surface area contributed by atoms with Gasteiger partial charge < -0.3 is 19.8 Å². The molecule has 0 heterocycles. The van der Waals surface area contributed by atoms with Crippen LogP contribution in [0.5, 0.6) is 5.75 Å². The highest BCUT2D eigenvalue weighted by Gasteiger charge is 2.28. The summed E-state index contributed by atoms with van der Waals surface area (Å²) in [5.41, 5.74) is 0.0709. The molecule has 1 aromatic rings. The van der Waals surface area contributed by atoms with E-state index in [1.165, 1.54) is 31.5 Å². The number of nitro groups is 1. The van der Waals surface area contributed by atoms with Crippen molar-refractivity contribution in [2.75, 3.05) is 6.61 Å². The average Bonchev–Trinajstić information content (AvgIpc) is 2.68. The Labute approximate surface area is 171 Å². The van der Waals surface area contributed by atoms with Gasteiger partial charge >= 0.3 is 0 Å². The molecule has 2 atom stereocenters. The van der Waals surface area contributed by atoms with Gasteiger partial charge in [-0.15, -0.1) is 0 Å². The number of nitro benzene ring substituents is 1. The van der Waals surface area contributed by atoms with Crippen molar-refractivity contribution in [2.45, 2.75) is 83.6 Å². The first-order chi connectivity index (χ1) is 13.8. The molecule has 1 aliphatic carbocycles. The molecule has 1 saturated carbocycles. The number of amides is 1. The smallest absolute Gasteiger partial charge is 0.275 e. The van der Waals surface area contributed by atoms with Gasteiger partial charge in [-0.1, -0.05) is 19.3 Å². The van der Waals surface area contributed by atoms with E-state index < -0.39 is 17.3 Å². The summed E-state index contributed by atoms with van der Waals surface area (Å²) in [6.07, 6.45) is 5.16. The molecule has 1 amide bonds. The van der Waals surface area contributed by atoms with E-state index in [-0.39, 0.29) is 23.2 Å². The molecule has 0 radical (unpaired) electrons. The van der Waals surface area contributed by atoms with Gasteiger partial charge in [-0.25, -0.2) is 0 Å². The third-order valence-electron chi connectivity index (χ3n) is 5.36. The molecule has 2 N–H and O–H groups in total. The fourth-order valence-electron chi connectivity index (χ4n) is 3.90. The normalized spacial score (nSPS) is 16.8. The summed E-state index contributed by atoms with van der Waals surface area (Å²) in [4.78, 5) is 24.7. The maximum atomic E-state index is 12.6. The molecular weight excluding hydrogens is 376 g/mol. The van der Waals surface area contributed by atoms with Crippen LogP contribution >= 0.6 is 0 Å². The number of benzene rings is 1. The molecule has 0 bridgehead atoms. The highest BCUT2D eigenvalue weighted by molar-refractivity contribution is 5.76. The fraction of sp³-hybridized carbons (Fsp3) is 0.667. The number of carbonyl (C=O) groups is 1. The minimum Gasteiger partial charge on any atom is -0.494 e. The number of ether oxygens (including phenoxy) is 1. The van der Waals surface area contributed by atoms with E-state index in [9.17, 15) is 25.1 Å². The SMILES string of the molecule is CC(O)c1cc(OCCCCC(=O)N(C(C)O)C2CCCCC2)ccc1[N+](=O)[O-]. The van der Waals surface area contributed by atoms with E-state index >= 15 is 0 Å². The number of aliphatic hydroxyl groups excluding tert-OH is 2. The van der Waals surface area contributed by atoms with Gasteiger partial charge in [-0.05, 0) is 51.7 Å². The Morgan fingerprint density at radius 3 is 2.52 bits per heavy atom. The highest BCUT2D eigenvalue weighted by Crippen LogP contribution is 2.29. The zero-order chi connectivity index (χ0) is 21.4. The van der Waals surface area contributed by atoms with E-state index in [0.717, 1.165) is 25.7 Å². The van der Waals surface area contributed by atoms with Crippen molar-refractivity contribution in [3.63, 3.8) is 0 Å². The maximum absolute atomic E-state index is 12.6. The molecule has 2 rings (SSSR count). The summed E-state index contributed by atoms with van der Waals surface area (Å²) in [7, 11) is 0. The highest BCUT2D eigenvalue weighted by atomic mass is 16.6. The molecule has 8 heteroatoms. The van der Waals surface area contributed by atoms with Gasteiger partial charge in [-0.3, -0.25) is 14.9 Å². The second-order valence-corrected chi connectivity index (χ2v) is 7.68. The first kappa shape index (κ1) is 23.1. The van der Waals surface area contributed by atoms with Gasteiger partial charge in [0.25, 0.3) is 5.69 Å². The Morgan fingerprint density at radius 2 is 1.93 bits per heavy atom. The lowest BCUT2D eigenvalue weighted by molar-refractivity contribution is -0.386. The lowest BCUT2D eigenvalue weighted by Crippen LogP contribution is -2.46. The standard InChI is InChI=1S/C21H32N2O6/c1-15(24)19-14-18(11-12-20(19)23(27)28)29-13-7-6-10-21(26)22(16(2)25)17-8-4-3-5-9-17/h11-12,14-17,24-25H,3-10,13H2,1-2H3. The number of aliphatic hydroxyl groups is 2. The molecule has 0 spiro atoms. The third-order valence-corrected chi connectivity index (χ3v) is 5.36. The van der Waals surface area contributed by atoms with Gasteiger partial charge in [0, 0.05) is 18.5 Å². The molecule has 1 aliphatic rings.